The summed E-state index contributed by atoms with van der Waals surface area (Å²) in [7, 11) is 0. The number of amides is 1. The van der Waals surface area contributed by atoms with Crippen LogP contribution in [-0.2, 0) is 11.3 Å². The normalized spacial score (nSPS) is 17.4. The minimum Gasteiger partial charge on any atom is -0.356 e. The molecule has 122 valence electrons. The molecule has 5 nitrogen and oxygen atoms in total. The summed E-state index contributed by atoms with van der Waals surface area (Å²) in [6, 6.07) is 11.9. The van der Waals surface area contributed by atoms with Crippen molar-refractivity contribution in [3.63, 3.8) is 0 Å². The maximum atomic E-state index is 12.4. The van der Waals surface area contributed by atoms with E-state index in [0.717, 1.165) is 23.3 Å². The number of nitrogens with one attached hydrogen (secondary N) is 2. The molecule has 1 amide bonds. The molecule has 0 radical (unpaired) electrons. The molecule has 1 aliphatic rings. The van der Waals surface area contributed by atoms with Crippen molar-refractivity contribution in [1.82, 2.24) is 14.9 Å². The molecule has 4 rings (SSSR count). The molecular weight excluding hydrogens is 302 g/mol. The maximum absolute atomic E-state index is 12.4. The minimum absolute atomic E-state index is 0.0598. The summed E-state index contributed by atoms with van der Waals surface area (Å²) in [6.07, 6.45) is 2.75. The fourth-order valence-electron chi connectivity index (χ4n) is 3.45. The lowest BCUT2D eigenvalue weighted by Crippen LogP contribution is -2.23. The van der Waals surface area contributed by atoms with Crippen molar-refractivity contribution >= 4 is 16.8 Å². The van der Waals surface area contributed by atoms with Gasteiger partial charge >= 0.3 is 0 Å². The van der Waals surface area contributed by atoms with Crippen LogP contribution in [0, 0.1) is 0 Å². The van der Waals surface area contributed by atoms with Gasteiger partial charge in [0.25, 0.3) is 5.56 Å². The highest BCUT2D eigenvalue weighted by atomic mass is 16.2. The molecule has 24 heavy (non-hydrogen) atoms. The Balaban J connectivity index is 1.76. The summed E-state index contributed by atoms with van der Waals surface area (Å²) < 4.78 is 2.17. The first-order chi connectivity index (χ1) is 11.7. The number of fused-ring (bicyclic) bond motifs is 1. The van der Waals surface area contributed by atoms with Crippen molar-refractivity contribution in [2.24, 2.45) is 0 Å². The third kappa shape index (κ3) is 2.33. The second kappa shape index (κ2) is 5.67. The Morgan fingerprint density at radius 3 is 2.75 bits per heavy atom. The highest BCUT2D eigenvalue weighted by Gasteiger charge is 2.27. The third-order valence-electron chi connectivity index (χ3n) is 4.79. The third-order valence-corrected chi connectivity index (χ3v) is 4.79. The lowest BCUT2D eigenvalue weighted by molar-refractivity contribution is -0.120. The number of carbonyl (C=O) groups is 1. The van der Waals surface area contributed by atoms with Crippen molar-refractivity contribution in [3.8, 4) is 11.3 Å². The van der Waals surface area contributed by atoms with Gasteiger partial charge in [-0.2, -0.15) is 0 Å². The molecule has 1 saturated heterocycles. The summed E-state index contributed by atoms with van der Waals surface area (Å²) in [5, 5.41) is 3.96. The average molecular weight is 321 g/mol. The van der Waals surface area contributed by atoms with E-state index in [9.17, 15) is 9.59 Å². The highest BCUT2D eigenvalue weighted by Crippen LogP contribution is 2.25. The van der Waals surface area contributed by atoms with Gasteiger partial charge in [-0.05, 0) is 36.9 Å². The summed E-state index contributed by atoms with van der Waals surface area (Å²) >= 11 is 0. The smallest absolute Gasteiger partial charge is 0.252 e. The molecule has 1 fully saturated rings. The molecular formula is C19H19N3O2. The van der Waals surface area contributed by atoms with E-state index in [0.29, 0.717) is 18.5 Å². The second-order valence-corrected chi connectivity index (χ2v) is 6.16. The number of rotatable bonds is 3. The summed E-state index contributed by atoms with van der Waals surface area (Å²) in [4.78, 5) is 27.2. The van der Waals surface area contributed by atoms with Crippen LogP contribution >= 0.6 is 0 Å². The fourth-order valence-corrected chi connectivity index (χ4v) is 3.45. The first kappa shape index (κ1) is 14.8. The molecule has 0 saturated carbocycles. The molecule has 0 spiro atoms. The van der Waals surface area contributed by atoms with Gasteiger partial charge in [-0.3, -0.25) is 9.59 Å². The molecule has 1 atom stereocenters. The summed E-state index contributed by atoms with van der Waals surface area (Å²) in [5.74, 6) is -0.391. The van der Waals surface area contributed by atoms with E-state index < -0.39 is 0 Å². The zero-order chi connectivity index (χ0) is 16.7. The predicted molar refractivity (Wildman–Crippen MR) is 94.0 cm³/mol. The number of H-pyrrole nitrogens is 1. The van der Waals surface area contributed by atoms with Crippen LogP contribution < -0.4 is 10.9 Å². The molecule has 5 heteroatoms. The molecule has 1 aromatic carbocycles. The lowest BCUT2D eigenvalue weighted by atomic mass is 9.98. The Bertz CT molecular complexity index is 984. The lowest BCUT2D eigenvalue weighted by Gasteiger charge is -2.09. The van der Waals surface area contributed by atoms with E-state index in [1.807, 2.05) is 12.1 Å². The number of aryl methyl sites for hydroxylation is 1. The zero-order valence-corrected chi connectivity index (χ0v) is 13.5. The van der Waals surface area contributed by atoms with Crippen molar-refractivity contribution < 1.29 is 4.79 Å². The van der Waals surface area contributed by atoms with Crippen LogP contribution in [0.1, 0.15) is 24.8 Å². The van der Waals surface area contributed by atoms with E-state index in [-0.39, 0.29) is 17.4 Å². The van der Waals surface area contributed by atoms with Gasteiger partial charge in [0, 0.05) is 41.6 Å². The number of benzene rings is 1. The Kier molecular flexibility index (Phi) is 3.49. The van der Waals surface area contributed by atoms with Crippen LogP contribution in [0.4, 0.5) is 0 Å². The Labute approximate surface area is 139 Å². The van der Waals surface area contributed by atoms with Crippen LogP contribution in [0.5, 0.6) is 0 Å². The van der Waals surface area contributed by atoms with E-state index >= 15 is 0 Å². The predicted octanol–water partition coefficient (Wildman–Crippen LogP) is 2.62. The van der Waals surface area contributed by atoms with Gasteiger partial charge in [-0.1, -0.05) is 18.2 Å². The minimum atomic E-state index is -0.331. The number of pyridine rings is 1. The van der Waals surface area contributed by atoms with E-state index in [1.54, 1.807) is 6.07 Å². The number of hydrogen-bond acceptors (Lipinski definition) is 2. The molecule has 1 aliphatic heterocycles. The van der Waals surface area contributed by atoms with Crippen LogP contribution in [0.15, 0.2) is 47.4 Å². The van der Waals surface area contributed by atoms with Gasteiger partial charge in [-0.15, -0.1) is 0 Å². The van der Waals surface area contributed by atoms with Gasteiger partial charge in [-0.25, -0.2) is 0 Å². The van der Waals surface area contributed by atoms with Gasteiger partial charge in [0.1, 0.15) is 0 Å². The SMILES string of the molecule is CCn1ccc2ccc(-c3ccc(C4CCNC4=O)c(=O)[nH]3)cc21. The standard InChI is InChI=1S/C19H19N3O2/c1-2-22-10-8-12-3-4-13(11-17(12)22)16-6-5-14(19(24)21-16)15-7-9-20-18(15)23/h3-6,8,10-11,15H,2,7,9H2,1H3,(H,20,23)(H,21,24). The van der Waals surface area contributed by atoms with Crippen LogP contribution in [0.3, 0.4) is 0 Å². The average Bonchev–Trinajstić information content (AvgIpc) is 3.20. The Morgan fingerprint density at radius 1 is 1.17 bits per heavy atom. The van der Waals surface area contributed by atoms with Crippen molar-refractivity contribution in [3.05, 3.63) is 58.5 Å². The largest absolute Gasteiger partial charge is 0.356 e. The molecule has 3 aromatic rings. The van der Waals surface area contributed by atoms with Crippen LogP contribution in [0.25, 0.3) is 22.2 Å². The zero-order valence-electron chi connectivity index (χ0n) is 13.5. The molecule has 2 aromatic heterocycles. The number of hydrogen-bond donors (Lipinski definition) is 2. The molecule has 3 heterocycles. The van der Waals surface area contributed by atoms with Gasteiger partial charge in [0.2, 0.25) is 5.91 Å². The number of aromatic amines is 1. The summed E-state index contributed by atoms with van der Waals surface area (Å²) in [6.45, 7) is 3.64. The first-order valence-corrected chi connectivity index (χ1v) is 8.27. The van der Waals surface area contributed by atoms with Crippen LogP contribution in [0.2, 0.25) is 0 Å². The molecule has 1 unspecified atom stereocenters. The van der Waals surface area contributed by atoms with E-state index in [4.69, 9.17) is 0 Å². The second-order valence-electron chi connectivity index (χ2n) is 6.16. The molecule has 0 bridgehead atoms. The monoisotopic (exact) mass is 321 g/mol. The van der Waals surface area contributed by atoms with Crippen molar-refractivity contribution in [1.29, 1.82) is 0 Å². The summed E-state index contributed by atoms with van der Waals surface area (Å²) in [5.41, 5.74) is 3.26. The quantitative estimate of drug-likeness (QED) is 0.779. The number of carbonyl (C=O) groups excluding carboxylic acids is 1. The Hall–Kier alpha value is -2.82. The van der Waals surface area contributed by atoms with Gasteiger partial charge in [0.15, 0.2) is 0 Å². The highest BCUT2D eigenvalue weighted by molar-refractivity contribution is 5.86. The molecule has 2 N–H and O–H groups in total. The first-order valence-electron chi connectivity index (χ1n) is 8.27. The molecule has 0 aliphatic carbocycles. The maximum Gasteiger partial charge on any atom is 0.252 e. The number of nitrogens with zero attached hydrogens (tertiary/aromatic N) is 1. The fraction of sp³-hybridized carbons (Fsp3) is 0.263. The van der Waals surface area contributed by atoms with E-state index in [1.165, 1.54) is 5.39 Å². The Morgan fingerprint density at radius 2 is 2.04 bits per heavy atom. The topological polar surface area (TPSA) is 66.9 Å². The van der Waals surface area contributed by atoms with Gasteiger partial charge < -0.3 is 14.9 Å². The van der Waals surface area contributed by atoms with Gasteiger partial charge in [0.05, 0.1) is 5.92 Å². The number of aromatic nitrogens is 2. The van der Waals surface area contributed by atoms with E-state index in [2.05, 4.69) is 46.2 Å². The van der Waals surface area contributed by atoms with Crippen molar-refractivity contribution in [2.75, 3.05) is 6.54 Å². The van der Waals surface area contributed by atoms with Crippen molar-refractivity contribution in [2.45, 2.75) is 25.8 Å². The van der Waals surface area contributed by atoms with Crippen LogP contribution in [-0.4, -0.2) is 22.0 Å².